The summed E-state index contributed by atoms with van der Waals surface area (Å²) in [6.07, 6.45) is 0. The molecule has 1 heterocycles. The van der Waals surface area contributed by atoms with E-state index in [0.29, 0.717) is 0 Å². The monoisotopic (exact) mass is 309 g/mol. The molecule has 0 aliphatic carbocycles. The van der Waals surface area contributed by atoms with Crippen LogP contribution in [0, 0.1) is 0 Å². The van der Waals surface area contributed by atoms with E-state index in [1.807, 2.05) is 30.3 Å². The van der Waals surface area contributed by atoms with E-state index in [2.05, 4.69) is 59.9 Å². The Balaban J connectivity index is 1.84. The minimum atomic E-state index is 0.925. The lowest BCUT2D eigenvalue weighted by molar-refractivity contribution is 0.673. The molecule has 0 unspecified atom stereocenters. The van der Waals surface area contributed by atoms with Crippen LogP contribution in [0.25, 0.3) is 32.7 Å². The van der Waals surface area contributed by atoms with Gasteiger partial charge in [-0.2, -0.15) is 0 Å². The summed E-state index contributed by atoms with van der Waals surface area (Å²) < 4.78 is 6.20. The van der Waals surface area contributed by atoms with Crippen LogP contribution in [0.5, 0.6) is 0 Å². The second-order valence-electron chi connectivity index (χ2n) is 5.94. The molecule has 2 nitrogen and oxygen atoms in total. The second-order valence-corrected chi connectivity index (χ2v) is 5.94. The van der Waals surface area contributed by atoms with Crippen LogP contribution >= 0.6 is 0 Å². The Morgan fingerprint density at radius 1 is 0.625 bits per heavy atom. The number of rotatable bonds is 2. The van der Waals surface area contributed by atoms with E-state index in [0.717, 1.165) is 38.7 Å². The van der Waals surface area contributed by atoms with Crippen molar-refractivity contribution in [3.63, 3.8) is 0 Å². The predicted octanol–water partition coefficient (Wildman–Crippen LogP) is 6.48. The number of anilines is 2. The summed E-state index contributed by atoms with van der Waals surface area (Å²) in [6, 6.07) is 29.0. The molecule has 0 spiro atoms. The lowest BCUT2D eigenvalue weighted by Gasteiger charge is -2.10. The number of benzene rings is 4. The van der Waals surface area contributed by atoms with E-state index < -0.39 is 0 Å². The normalized spacial score (nSPS) is 11.3. The molecular weight excluding hydrogens is 294 g/mol. The second kappa shape index (κ2) is 5.14. The quantitative estimate of drug-likeness (QED) is 0.403. The topological polar surface area (TPSA) is 25.2 Å². The van der Waals surface area contributed by atoms with Gasteiger partial charge in [0.2, 0.25) is 0 Å². The number of para-hydroxylation sites is 2. The molecule has 0 saturated heterocycles. The average Bonchev–Trinajstić information content (AvgIpc) is 3.01. The maximum absolute atomic E-state index is 6.20. The molecule has 0 atom stereocenters. The molecular formula is C22H15NO. The molecule has 2 heteroatoms. The molecule has 0 aliphatic heterocycles. The summed E-state index contributed by atoms with van der Waals surface area (Å²) in [7, 11) is 0. The first-order valence-corrected chi connectivity index (χ1v) is 8.05. The molecule has 0 bridgehead atoms. The van der Waals surface area contributed by atoms with Crippen molar-refractivity contribution in [1.82, 2.24) is 0 Å². The van der Waals surface area contributed by atoms with E-state index in [4.69, 9.17) is 4.42 Å². The summed E-state index contributed by atoms with van der Waals surface area (Å²) in [4.78, 5) is 0. The number of hydrogen-bond donors (Lipinski definition) is 1. The van der Waals surface area contributed by atoms with Crippen molar-refractivity contribution in [2.24, 2.45) is 0 Å². The summed E-state index contributed by atoms with van der Waals surface area (Å²) in [5.74, 6) is 0. The van der Waals surface area contributed by atoms with Gasteiger partial charge in [-0.15, -0.1) is 0 Å². The Morgan fingerprint density at radius 2 is 1.46 bits per heavy atom. The fourth-order valence-electron chi connectivity index (χ4n) is 3.33. The number of hydrogen-bond acceptors (Lipinski definition) is 2. The highest BCUT2D eigenvalue weighted by molar-refractivity contribution is 6.18. The Labute approximate surface area is 139 Å². The van der Waals surface area contributed by atoms with Gasteiger partial charge in [-0.1, -0.05) is 54.6 Å². The predicted molar refractivity (Wildman–Crippen MR) is 101 cm³/mol. The van der Waals surface area contributed by atoms with E-state index in [-0.39, 0.29) is 0 Å². The Hall–Kier alpha value is -3.26. The zero-order valence-corrected chi connectivity index (χ0v) is 13.0. The SMILES string of the molecule is c1ccc(Nc2cccc3ccc4c5ccccc5oc4c23)cc1. The maximum Gasteiger partial charge on any atom is 0.145 e. The van der Waals surface area contributed by atoms with Crippen molar-refractivity contribution in [3.05, 3.63) is 84.9 Å². The molecule has 1 aromatic heterocycles. The van der Waals surface area contributed by atoms with Crippen LogP contribution < -0.4 is 5.32 Å². The van der Waals surface area contributed by atoms with E-state index >= 15 is 0 Å². The third-order valence-electron chi connectivity index (χ3n) is 4.44. The van der Waals surface area contributed by atoms with Gasteiger partial charge in [0.15, 0.2) is 0 Å². The fourth-order valence-corrected chi connectivity index (χ4v) is 3.33. The number of nitrogens with one attached hydrogen (secondary N) is 1. The minimum absolute atomic E-state index is 0.925. The Morgan fingerprint density at radius 3 is 2.38 bits per heavy atom. The van der Waals surface area contributed by atoms with Gasteiger partial charge in [0.25, 0.3) is 0 Å². The van der Waals surface area contributed by atoms with Gasteiger partial charge < -0.3 is 9.73 Å². The Kier molecular flexibility index (Phi) is 2.83. The van der Waals surface area contributed by atoms with Crippen LogP contribution in [0.15, 0.2) is 89.3 Å². The van der Waals surface area contributed by atoms with Crippen molar-refractivity contribution in [2.75, 3.05) is 5.32 Å². The van der Waals surface area contributed by atoms with Gasteiger partial charge in [-0.3, -0.25) is 0 Å². The lowest BCUT2D eigenvalue weighted by Crippen LogP contribution is -1.91. The molecule has 0 fully saturated rings. The smallest absolute Gasteiger partial charge is 0.145 e. The molecule has 24 heavy (non-hydrogen) atoms. The van der Waals surface area contributed by atoms with Crippen molar-refractivity contribution >= 4 is 44.1 Å². The third-order valence-corrected chi connectivity index (χ3v) is 4.44. The first-order chi connectivity index (χ1) is 11.9. The van der Waals surface area contributed by atoms with Crippen LogP contribution in [0.1, 0.15) is 0 Å². The van der Waals surface area contributed by atoms with Gasteiger partial charge in [0.05, 0.1) is 5.69 Å². The zero-order valence-electron chi connectivity index (χ0n) is 13.0. The summed E-state index contributed by atoms with van der Waals surface area (Å²) >= 11 is 0. The first-order valence-electron chi connectivity index (χ1n) is 8.05. The molecule has 0 saturated carbocycles. The van der Waals surface area contributed by atoms with E-state index in [1.54, 1.807) is 0 Å². The van der Waals surface area contributed by atoms with E-state index in [1.165, 1.54) is 5.39 Å². The molecule has 0 amide bonds. The molecule has 5 aromatic rings. The highest BCUT2D eigenvalue weighted by Crippen LogP contribution is 2.37. The standard InChI is InChI=1S/C22H15NO/c1-2-8-16(9-3-1)23-19-11-6-7-15-13-14-18-17-10-4-5-12-20(17)24-22(18)21(15)19/h1-14,23H. The van der Waals surface area contributed by atoms with Crippen molar-refractivity contribution < 1.29 is 4.42 Å². The largest absolute Gasteiger partial charge is 0.455 e. The highest BCUT2D eigenvalue weighted by atomic mass is 16.3. The summed E-state index contributed by atoms with van der Waals surface area (Å²) in [5, 5.41) is 8.12. The number of fused-ring (bicyclic) bond motifs is 5. The van der Waals surface area contributed by atoms with Gasteiger partial charge in [0, 0.05) is 21.8 Å². The molecule has 0 radical (unpaired) electrons. The highest BCUT2D eigenvalue weighted by Gasteiger charge is 2.12. The summed E-state index contributed by atoms with van der Waals surface area (Å²) in [5.41, 5.74) is 3.99. The molecule has 0 aliphatic rings. The first kappa shape index (κ1) is 13.2. The fraction of sp³-hybridized carbons (Fsp3) is 0. The van der Waals surface area contributed by atoms with Crippen LogP contribution in [0.4, 0.5) is 11.4 Å². The van der Waals surface area contributed by atoms with Crippen molar-refractivity contribution in [1.29, 1.82) is 0 Å². The summed E-state index contributed by atoms with van der Waals surface area (Å²) in [6.45, 7) is 0. The number of furan rings is 1. The minimum Gasteiger partial charge on any atom is -0.455 e. The maximum atomic E-state index is 6.20. The van der Waals surface area contributed by atoms with Crippen LogP contribution in [0.3, 0.4) is 0 Å². The van der Waals surface area contributed by atoms with Crippen LogP contribution in [-0.4, -0.2) is 0 Å². The van der Waals surface area contributed by atoms with E-state index in [9.17, 15) is 0 Å². The van der Waals surface area contributed by atoms with Gasteiger partial charge in [-0.05, 0) is 35.7 Å². The molecule has 5 rings (SSSR count). The Bertz CT molecular complexity index is 1170. The molecule has 1 N–H and O–H groups in total. The van der Waals surface area contributed by atoms with Crippen molar-refractivity contribution in [2.45, 2.75) is 0 Å². The van der Waals surface area contributed by atoms with Gasteiger partial charge in [-0.25, -0.2) is 0 Å². The third kappa shape index (κ3) is 1.97. The molecule has 114 valence electrons. The van der Waals surface area contributed by atoms with Crippen molar-refractivity contribution in [3.8, 4) is 0 Å². The molecule has 4 aromatic carbocycles. The van der Waals surface area contributed by atoms with Crippen LogP contribution in [-0.2, 0) is 0 Å². The lowest BCUT2D eigenvalue weighted by atomic mass is 10.0. The zero-order chi connectivity index (χ0) is 15.9. The van der Waals surface area contributed by atoms with Gasteiger partial charge >= 0.3 is 0 Å². The average molecular weight is 309 g/mol. The van der Waals surface area contributed by atoms with Crippen LogP contribution in [0.2, 0.25) is 0 Å². The van der Waals surface area contributed by atoms with Gasteiger partial charge in [0.1, 0.15) is 11.2 Å².